The van der Waals surface area contributed by atoms with Crippen molar-refractivity contribution in [3.8, 4) is 5.75 Å². The molecule has 2 aliphatic heterocycles. The molecule has 4 aromatic carbocycles. The molecule has 1 amide bonds. The van der Waals surface area contributed by atoms with E-state index in [2.05, 4.69) is 63.9 Å². The third-order valence-corrected chi connectivity index (χ3v) is 12.8. The molecule has 1 saturated carbocycles. The highest BCUT2D eigenvalue weighted by Crippen LogP contribution is 2.50. The molecule has 1 aliphatic carbocycles. The molecular formula is C49H53FN10O2. The summed E-state index contributed by atoms with van der Waals surface area (Å²) in [5.41, 5.74) is 8.80. The number of carbonyl (C=O) groups is 1. The van der Waals surface area contributed by atoms with Crippen molar-refractivity contribution >= 4 is 56.1 Å². The average molecular weight is 833 g/mol. The van der Waals surface area contributed by atoms with Gasteiger partial charge in [0, 0.05) is 52.5 Å². The van der Waals surface area contributed by atoms with Gasteiger partial charge in [0.2, 0.25) is 5.91 Å². The molecule has 1 atom stereocenters. The molecule has 0 bridgehead atoms. The molecule has 4 heterocycles. The van der Waals surface area contributed by atoms with Gasteiger partial charge in [0.05, 0.1) is 41.3 Å². The number of nitrogens with zero attached hydrogens (tertiary/aromatic N) is 6. The van der Waals surface area contributed by atoms with Crippen LogP contribution in [0.4, 0.5) is 15.9 Å². The van der Waals surface area contributed by atoms with E-state index in [1.807, 2.05) is 66.9 Å². The number of methoxy groups -OCH3 is 1. The maximum absolute atomic E-state index is 17.4. The number of halogens is 1. The van der Waals surface area contributed by atoms with Crippen molar-refractivity contribution < 1.29 is 13.9 Å². The van der Waals surface area contributed by atoms with Crippen molar-refractivity contribution in [2.24, 2.45) is 17.2 Å². The van der Waals surface area contributed by atoms with Crippen LogP contribution in [0.3, 0.4) is 0 Å². The van der Waals surface area contributed by atoms with Crippen LogP contribution < -0.4 is 31.5 Å². The zero-order chi connectivity index (χ0) is 43.0. The van der Waals surface area contributed by atoms with Crippen LogP contribution in [0.25, 0.3) is 38.6 Å². The normalized spacial score (nSPS) is 18.0. The minimum atomic E-state index is -0.950. The van der Waals surface area contributed by atoms with E-state index in [0.29, 0.717) is 61.6 Å². The van der Waals surface area contributed by atoms with E-state index in [4.69, 9.17) is 25.5 Å². The summed E-state index contributed by atoms with van der Waals surface area (Å²) >= 11 is 0. The van der Waals surface area contributed by atoms with Crippen LogP contribution in [0.1, 0.15) is 74.4 Å². The molecule has 0 spiro atoms. The van der Waals surface area contributed by atoms with Crippen LogP contribution >= 0.6 is 0 Å². The van der Waals surface area contributed by atoms with E-state index < -0.39 is 5.41 Å². The molecule has 6 aromatic rings. The number of aromatic nitrogens is 4. The van der Waals surface area contributed by atoms with E-state index in [0.717, 1.165) is 62.9 Å². The number of hydrazine groups is 1. The lowest BCUT2D eigenvalue weighted by molar-refractivity contribution is -0.117. The second kappa shape index (κ2) is 17.1. The summed E-state index contributed by atoms with van der Waals surface area (Å²) in [5.74, 6) is 7.36. The minimum absolute atomic E-state index is 0.0163. The number of hydrogen-bond donors (Lipinski definition) is 4. The first-order valence-electron chi connectivity index (χ1n) is 21.5. The predicted octanol–water partition coefficient (Wildman–Crippen LogP) is 8.10. The summed E-state index contributed by atoms with van der Waals surface area (Å²) < 4.78 is 23.1. The van der Waals surface area contributed by atoms with Gasteiger partial charge in [-0.1, -0.05) is 74.5 Å². The molecule has 62 heavy (non-hydrogen) atoms. The fourth-order valence-electron chi connectivity index (χ4n) is 9.08. The lowest BCUT2D eigenvalue weighted by atomic mass is 9.70. The number of benzene rings is 4. The van der Waals surface area contributed by atoms with E-state index in [1.165, 1.54) is 11.9 Å². The summed E-state index contributed by atoms with van der Waals surface area (Å²) in [6, 6.07) is 27.8. The Labute approximate surface area is 361 Å². The van der Waals surface area contributed by atoms with Gasteiger partial charge in [0.1, 0.15) is 30.0 Å². The Kier molecular flexibility index (Phi) is 11.3. The van der Waals surface area contributed by atoms with Crippen LogP contribution in [0, 0.1) is 17.2 Å². The van der Waals surface area contributed by atoms with Crippen molar-refractivity contribution in [3.05, 3.63) is 132 Å². The van der Waals surface area contributed by atoms with Gasteiger partial charge >= 0.3 is 0 Å². The van der Waals surface area contributed by atoms with Crippen LogP contribution in [0.2, 0.25) is 0 Å². The van der Waals surface area contributed by atoms with Crippen LogP contribution in [-0.4, -0.2) is 70.6 Å². The highest BCUT2D eigenvalue weighted by Gasteiger charge is 2.37. The van der Waals surface area contributed by atoms with E-state index in [9.17, 15) is 4.79 Å². The standard InChI is InChI=1S/C49H53FN10O2/c1-49(2,44(31-13-9-6-10-14-31)46(58-51)45-35-25-41(57-48(61)32-15-16-32)43(62-4)26-40(35)53-28-55-45)37(27-52-33-17-20-59(3)21-18-33)34-24-39-36(23-38(34)50)47(56-29-54-39)60-22-19-42(60)30-11-7-5-8-12-30/h5-14,23-29,32-33,42,52,58H,15-22,51H2,1-4H3,(H,57,61)/b37-27-,46-44-. The topological polar surface area (TPSA) is 146 Å². The van der Waals surface area contributed by atoms with Crippen molar-refractivity contribution in [2.45, 2.75) is 58.0 Å². The molecule has 2 saturated heterocycles. The molecule has 13 heteroatoms. The molecule has 2 aromatic heterocycles. The summed E-state index contributed by atoms with van der Waals surface area (Å²) in [6.45, 7) is 6.90. The smallest absolute Gasteiger partial charge is 0.227 e. The highest BCUT2D eigenvalue weighted by molar-refractivity contribution is 6.05. The fraction of sp³-hybridized carbons (Fsp3) is 0.327. The zero-order valence-electron chi connectivity index (χ0n) is 35.7. The largest absolute Gasteiger partial charge is 0.494 e. The number of ether oxygens (including phenoxy) is 1. The number of allylic oxidation sites excluding steroid dienone is 2. The first kappa shape index (κ1) is 40.9. The van der Waals surface area contributed by atoms with Gasteiger partial charge in [-0.2, -0.15) is 0 Å². The number of anilines is 2. The van der Waals surface area contributed by atoms with Gasteiger partial charge < -0.3 is 30.6 Å². The number of nitrogens with one attached hydrogen (secondary N) is 3. The Morgan fingerprint density at radius 1 is 0.855 bits per heavy atom. The van der Waals surface area contributed by atoms with Gasteiger partial charge in [-0.05, 0) is 92.7 Å². The number of piperidine rings is 1. The average Bonchev–Trinajstić information content (AvgIpc) is 4.13. The molecule has 318 valence electrons. The van der Waals surface area contributed by atoms with Crippen molar-refractivity contribution in [1.82, 2.24) is 35.6 Å². The lowest BCUT2D eigenvalue weighted by Gasteiger charge is -2.42. The van der Waals surface area contributed by atoms with Crippen LogP contribution in [0.5, 0.6) is 5.75 Å². The Morgan fingerprint density at radius 3 is 2.21 bits per heavy atom. The Balaban J connectivity index is 1.21. The number of carbonyl (C=O) groups excluding carboxylic acids is 1. The molecule has 3 fully saturated rings. The number of hydrogen-bond acceptors (Lipinski definition) is 11. The third kappa shape index (κ3) is 7.93. The number of fused-ring (bicyclic) bond motifs is 2. The predicted molar refractivity (Wildman–Crippen MR) is 244 cm³/mol. The third-order valence-electron chi connectivity index (χ3n) is 12.8. The minimum Gasteiger partial charge on any atom is -0.494 e. The first-order chi connectivity index (χ1) is 30.1. The maximum atomic E-state index is 17.4. The molecule has 9 rings (SSSR count). The fourth-order valence-corrected chi connectivity index (χ4v) is 9.08. The molecule has 3 aliphatic rings. The monoisotopic (exact) mass is 832 g/mol. The number of rotatable bonds is 13. The molecule has 12 nitrogen and oxygen atoms in total. The van der Waals surface area contributed by atoms with Gasteiger partial charge in [-0.25, -0.2) is 24.3 Å². The molecule has 0 radical (unpaired) electrons. The van der Waals surface area contributed by atoms with Crippen molar-refractivity contribution in [2.75, 3.05) is 44.0 Å². The maximum Gasteiger partial charge on any atom is 0.227 e. The Morgan fingerprint density at radius 2 is 1.55 bits per heavy atom. The van der Waals surface area contributed by atoms with E-state index in [1.54, 1.807) is 25.6 Å². The second-order valence-electron chi connectivity index (χ2n) is 17.2. The second-order valence-corrected chi connectivity index (χ2v) is 17.2. The van der Waals surface area contributed by atoms with E-state index >= 15 is 4.39 Å². The zero-order valence-corrected chi connectivity index (χ0v) is 35.7. The molecular weight excluding hydrogens is 780 g/mol. The summed E-state index contributed by atoms with van der Waals surface area (Å²) in [5, 5.41) is 8.10. The van der Waals surface area contributed by atoms with Crippen molar-refractivity contribution in [3.63, 3.8) is 0 Å². The SMILES string of the molecule is COc1cc2ncnc(/C(NN)=C(\c3ccccc3)C(C)(C)/C(=C\NC3CCN(C)CC3)c3cc4ncnc(N5CCC5c5ccccc5)c4cc3F)c2cc1NC(=O)C1CC1. The van der Waals surface area contributed by atoms with Gasteiger partial charge in [-0.3, -0.25) is 10.6 Å². The van der Waals surface area contributed by atoms with E-state index in [-0.39, 0.29) is 29.7 Å². The lowest BCUT2D eigenvalue weighted by Crippen LogP contribution is -2.41. The Hall–Kier alpha value is -6.44. The summed E-state index contributed by atoms with van der Waals surface area (Å²) in [4.78, 5) is 36.5. The number of likely N-dealkylation sites (tertiary alicyclic amines) is 1. The molecule has 5 N–H and O–H groups in total. The van der Waals surface area contributed by atoms with Gasteiger partial charge in [-0.15, -0.1) is 0 Å². The van der Waals surface area contributed by atoms with Crippen LogP contribution in [0.15, 0.2) is 104 Å². The van der Waals surface area contributed by atoms with Gasteiger partial charge in [0.25, 0.3) is 0 Å². The highest BCUT2D eigenvalue weighted by atomic mass is 19.1. The van der Waals surface area contributed by atoms with Crippen LogP contribution in [-0.2, 0) is 4.79 Å². The van der Waals surface area contributed by atoms with Crippen molar-refractivity contribution in [1.29, 1.82) is 0 Å². The summed E-state index contributed by atoms with van der Waals surface area (Å²) in [7, 11) is 3.70. The number of nitrogens with two attached hydrogens (primary N) is 1. The van der Waals surface area contributed by atoms with Gasteiger partial charge in [0.15, 0.2) is 0 Å². The Bertz CT molecular complexity index is 2680. The number of amides is 1. The molecule has 1 unspecified atom stereocenters. The summed E-state index contributed by atoms with van der Waals surface area (Å²) in [6.07, 6.45) is 9.66. The first-order valence-corrected chi connectivity index (χ1v) is 21.5. The quantitative estimate of drug-likeness (QED) is 0.0662.